The lowest BCUT2D eigenvalue weighted by molar-refractivity contribution is 0.0810. The first-order valence-corrected chi connectivity index (χ1v) is 9.94. The molecule has 1 aromatic rings. The molecule has 1 radical (unpaired) electrons. The Balaban J connectivity index is 1.59. The zero-order valence-electron chi connectivity index (χ0n) is 15.3. The third-order valence-electron chi connectivity index (χ3n) is 7.03. The van der Waals surface area contributed by atoms with Crippen molar-refractivity contribution in [3.8, 4) is 5.75 Å². The molecular weight excluding hydrogens is 315 g/mol. The molecule has 0 saturated heterocycles. The summed E-state index contributed by atoms with van der Waals surface area (Å²) in [4.78, 5) is 0. The molecule has 4 heteroatoms. The first-order valence-electron chi connectivity index (χ1n) is 9.71. The van der Waals surface area contributed by atoms with Gasteiger partial charge in [-0.15, -0.1) is 0 Å². The number of rotatable bonds is 4. The molecule has 3 aliphatic rings. The Bertz CT molecular complexity index is 680. The van der Waals surface area contributed by atoms with Gasteiger partial charge in [0.25, 0.3) is 0 Å². The second-order valence-corrected chi connectivity index (χ2v) is 8.22. The smallest absolute Gasteiger partial charge is 0.227 e. The van der Waals surface area contributed by atoms with Crippen LogP contribution in [0, 0.1) is 17.3 Å². The Morgan fingerprint density at radius 3 is 3.17 bits per heavy atom. The maximum absolute atomic E-state index is 9.38. The van der Waals surface area contributed by atoms with E-state index >= 15 is 0 Å². The SMILES string of the molecule is [3H][B]SOc1ccc2c(c1)CCC1C2CCC2(C)/C(=C\CO)CCC12. The van der Waals surface area contributed by atoms with Crippen LogP contribution < -0.4 is 4.18 Å². The zero-order chi connectivity index (χ0) is 17.4. The highest BCUT2D eigenvalue weighted by Gasteiger charge is 2.52. The molecule has 4 unspecified atom stereocenters. The second-order valence-electron chi connectivity index (χ2n) is 7.86. The van der Waals surface area contributed by atoms with E-state index in [2.05, 4.69) is 31.2 Å². The van der Waals surface area contributed by atoms with Crippen LogP contribution in [0.15, 0.2) is 29.8 Å². The summed E-state index contributed by atoms with van der Waals surface area (Å²) in [6.45, 7) is 2.63. The summed E-state index contributed by atoms with van der Waals surface area (Å²) in [7, 11) is 1.22. The Hall–Kier alpha value is -0.865. The molecule has 24 heavy (non-hydrogen) atoms. The molecular formula is C20H26BO2S. The summed E-state index contributed by atoms with van der Waals surface area (Å²) in [6, 6.07) is 6.52. The third kappa shape index (κ3) is 2.54. The molecule has 2 saturated carbocycles. The second kappa shape index (κ2) is 6.46. The number of hydrogen-bond acceptors (Lipinski definition) is 3. The van der Waals surface area contributed by atoms with Crippen molar-refractivity contribution in [2.75, 3.05) is 6.61 Å². The van der Waals surface area contributed by atoms with Gasteiger partial charge in [-0.1, -0.05) is 24.6 Å². The van der Waals surface area contributed by atoms with Crippen molar-refractivity contribution in [2.24, 2.45) is 17.3 Å². The monoisotopic (exact) mass is 343 g/mol. The van der Waals surface area contributed by atoms with Gasteiger partial charge >= 0.3 is 0 Å². The molecule has 4 atom stereocenters. The van der Waals surface area contributed by atoms with E-state index in [0.717, 1.165) is 35.9 Å². The number of hydrogen-bond donors (Lipinski definition) is 1. The predicted octanol–water partition coefficient (Wildman–Crippen LogP) is 4.30. The van der Waals surface area contributed by atoms with E-state index in [0.29, 0.717) is 11.3 Å². The zero-order valence-corrected chi connectivity index (χ0v) is 15.1. The van der Waals surface area contributed by atoms with Crippen LogP contribution in [0.1, 0.15) is 56.1 Å². The average Bonchev–Trinajstić information content (AvgIpc) is 2.96. The fraction of sp³-hybridized carbons (Fsp3) is 0.600. The van der Waals surface area contributed by atoms with E-state index in [1.807, 2.05) is 0 Å². The van der Waals surface area contributed by atoms with Crippen molar-refractivity contribution < 1.29 is 9.29 Å². The van der Waals surface area contributed by atoms with Crippen molar-refractivity contribution in [2.45, 2.75) is 51.4 Å². The lowest BCUT2D eigenvalue weighted by Gasteiger charge is -2.49. The highest BCUT2D eigenvalue weighted by atomic mass is 32.2. The molecule has 4 rings (SSSR count). The maximum atomic E-state index is 9.38. The number of aliphatic hydroxyl groups excluding tert-OH is 1. The fourth-order valence-electron chi connectivity index (χ4n) is 5.96. The van der Waals surface area contributed by atoms with Crippen LogP contribution >= 0.6 is 11.9 Å². The van der Waals surface area contributed by atoms with Crippen LogP contribution in [0.4, 0.5) is 0 Å². The van der Waals surface area contributed by atoms with Gasteiger partial charge in [-0.3, -0.25) is 0 Å². The summed E-state index contributed by atoms with van der Waals surface area (Å²) < 4.78 is 12.6. The molecule has 127 valence electrons. The van der Waals surface area contributed by atoms with E-state index in [-0.39, 0.29) is 6.61 Å². The highest BCUT2D eigenvalue weighted by molar-refractivity contribution is 8.16. The molecule has 0 heterocycles. The number of allylic oxidation sites excluding steroid dienone is 1. The van der Waals surface area contributed by atoms with Crippen molar-refractivity contribution >= 4 is 19.0 Å². The number of aryl methyl sites for hydroxylation is 1. The van der Waals surface area contributed by atoms with Gasteiger partial charge in [-0.25, -0.2) is 0 Å². The van der Waals surface area contributed by atoms with Crippen LogP contribution in [0.25, 0.3) is 0 Å². The van der Waals surface area contributed by atoms with Crippen molar-refractivity contribution in [1.29, 1.82) is 1.34 Å². The van der Waals surface area contributed by atoms with E-state index in [9.17, 15) is 5.11 Å². The summed E-state index contributed by atoms with van der Waals surface area (Å²) in [6.07, 6.45) is 9.44. The molecule has 0 bridgehead atoms. The third-order valence-corrected chi connectivity index (χ3v) is 7.32. The Morgan fingerprint density at radius 1 is 1.42 bits per heavy atom. The molecule has 1 N–H and O–H groups in total. The minimum absolute atomic E-state index is 0.186. The summed E-state index contributed by atoms with van der Waals surface area (Å²) in [5.41, 5.74) is 4.80. The maximum Gasteiger partial charge on any atom is 0.227 e. The van der Waals surface area contributed by atoms with Gasteiger partial charge in [0, 0.05) is 0 Å². The molecule has 2 fully saturated rings. The molecule has 0 amide bonds. The van der Waals surface area contributed by atoms with Crippen LogP contribution in [-0.2, 0) is 6.42 Å². The van der Waals surface area contributed by atoms with Gasteiger partial charge in [-0.05, 0) is 98.2 Å². The van der Waals surface area contributed by atoms with Gasteiger partial charge in [0.2, 0.25) is 7.09 Å². The molecule has 2 nitrogen and oxygen atoms in total. The van der Waals surface area contributed by atoms with Crippen LogP contribution in [-0.4, -0.2) is 20.1 Å². The molecule has 0 aliphatic heterocycles. The standard InChI is InChI=1S/C20H26BO2S/c1-20-10-8-17-16-6-4-15(23-24-21)12-13(16)2-5-18(17)19(20)7-3-14(20)9-11-22/h4,6,9,12,17-19,21-22H,2-3,5,7-8,10-11H2,1H3/b14-9-/i21T. The summed E-state index contributed by atoms with van der Waals surface area (Å²) in [5, 5.41) is 9.38. The molecule has 3 aliphatic carbocycles. The Kier molecular flexibility index (Phi) is 4.14. The lowest BCUT2D eigenvalue weighted by Crippen LogP contribution is -2.40. The fourth-order valence-corrected chi connectivity index (χ4v) is 6.17. The number of benzene rings is 1. The first kappa shape index (κ1) is 15.4. The Labute approximate surface area is 151 Å². The Morgan fingerprint density at radius 2 is 2.33 bits per heavy atom. The van der Waals surface area contributed by atoms with E-state index in [1.165, 1.54) is 55.9 Å². The van der Waals surface area contributed by atoms with Gasteiger partial charge in [0.05, 0.1) is 6.61 Å². The minimum atomic E-state index is 0.186. The lowest BCUT2D eigenvalue weighted by atomic mass is 9.55. The van der Waals surface area contributed by atoms with Crippen LogP contribution in [0.3, 0.4) is 0 Å². The number of aliphatic hydroxyl groups is 1. The van der Waals surface area contributed by atoms with E-state index in [1.54, 1.807) is 0 Å². The minimum Gasteiger partial charge on any atom is -0.439 e. The van der Waals surface area contributed by atoms with E-state index < -0.39 is 0 Å². The normalized spacial score (nSPS) is 36.5. The quantitative estimate of drug-likeness (QED) is 0.502. The largest absolute Gasteiger partial charge is 0.439 e. The van der Waals surface area contributed by atoms with Crippen LogP contribution in [0.2, 0.25) is 0 Å². The van der Waals surface area contributed by atoms with E-state index in [4.69, 9.17) is 5.52 Å². The highest BCUT2D eigenvalue weighted by Crippen LogP contribution is 2.62. The predicted molar refractivity (Wildman–Crippen MR) is 102 cm³/mol. The molecule has 1 aromatic carbocycles. The van der Waals surface area contributed by atoms with Gasteiger partial charge in [0.15, 0.2) is 0 Å². The van der Waals surface area contributed by atoms with Crippen molar-refractivity contribution in [3.05, 3.63) is 41.0 Å². The van der Waals surface area contributed by atoms with Gasteiger partial charge in [-0.2, -0.15) is 0 Å². The molecule has 0 aromatic heterocycles. The molecule has 0 spiro atoms. The average molecular weight is 343 g/mol. The summed E-state index contributed by atoms with van der Waals surface area (Å²) in [5.74, 6) is 3.08. The topological polar surface area (TPSA) is 29.5 Å². The van der Waals surface area contributed by atoms with Gasteiger partial charge < -0.3 is 9.29 Å². The van der Waals surface area contributed by atoms with Gasteiger partial charge in [0.1, 0.15) is 5.75 Å². The number of fused-ring (bicyclic) bond motifs is 5. The van der Waals surface area contributed by atoms with Crippen LogP contribution in [0.5, 0.6) is 5.75 Å². The van der Waals surface area contributed by atoms with Crippen molar-refractivity contribution in [3.63, 3.8) is 0 Å². The summed E-state index contributed by atoms with van der Waals surface area (Å²) >= 11 is 1.07. The van der Waals surface area contributed by atoms with Crippen molar-refractivity contribution in [1.82, 2.24) is 0 Å². The first-order chi connectivity index (χ1) is 12.2.